The third kappa shape index (κ3) is 3.70. The average molecular weight is 287 g/mol. The average Bonchev–Trinajstić information content (AvgIpc) is 2.88. The molecule has 112 valence electrons. The van der Waals surface area contributed by atoms with E-state index in [1.165, 1.54) is 11.8 Å². The second-order valence-corrected chi connectivity index (χ2v) is 6.14. The van der Waals surface area contributed by atoms with Crippen molar-refractivity contribution in [3.05, 3.63) is 47.7 Å². The molecule has 1 amide bonds. The summed E-state index contributed by atoms with van der Waals surface area (Å²) in [7, 11) is 0. The number of nitrogens with two attached hydrogens (primary N) is 1. The molecule has 1 atom stereocenters. The van der Waals surface area contributed by atoms with Crippen LogP contribution in [0.25, 0.3) is 0 Å². The van der Waals surface area contributed by atoms with Crippen LogP contribution >= 0.6 is 0 Å². The lowest BCUT2D eigenvalue weighted by atomic mass is 9.87. The first-order valence-electron chi connectivity index (χ1n) is 6.90. The lowest BCUT2D eigenvalue weighted by Crippen LogP contribution is -2.14. The lowest BCUT2D eigenvalue weighted by Gasteiger charge is -2.19. The number of hydrogen-bond acceptors (Lipinski definition) is 4. The van der Waals surface area contributed by atoms with E-state index in [1.54, 1.807) is 6.92 Å². The van der Waals surface area contributed by atoms with Crippen molar-refractivity contribution in [3.8, 4) is 0 Å². The van der Waals surface area contributed by atoms with Crippen LogP contribution in [-0.2, 0) is 5.41 Å². The van der Waals surface area contributed by atoms with E-state index in [4.69, 9.17) is 10.2 Å². The Hall–Kier alpha value is -2.14. The number of carbonyl (C=O) groups is 1. The fourth-order valence-electron chi connectivity index (χ4n) is 1.85. The van der Waals surface area contributed by atoms with Crippen molar-refractivity contribution >= 4 is 11.6 Å². The maximum absolute atomic E-state index is 12.1. The van der Waals surface area contributed by atoms with Gasteiger partial charge in [0, 0.05) is 5.69 Å². The van der Waals surface area contributed by atoms with Gasteiger partial charge in [0.05, 0.1) is 6.04 Å². The first-order valence-corrected chi connectivity index (χ1v) is 6.90. The summed E-state index contributed by atoms with van der Waals surface area (Å²) in [4.78, 5) is 16.1. The van der Waals surface area contributed by atoms with Gasteiger partial charge in [-0.2, -0.15) is 0 Å². The predicted octanol–water partition coefficient (Wildman–Crippen LogP) is 3.24. The number of aromatic nitrogens is 1. The van der Waals surface area contributed by atoms with Gasteiger partial charge in [-0.15, -0.1) is 0 Å². The number of benzene rings is 1. The van der Waals surface area contributed by atoms with Gasteiger partial charge in [-0.05, 0) is 30.0 Å². The minimum Gasteiger partial charge on any atom is -0.446 e. The Bertz CT molecular complexity index is 622. The summed E-state index contributed by atoms with van der Waals surface area (Å²) in [6.07, 6.45) is 1.32. The molecule has 0 spiro atoms. The molecule has 1 aromatic heterocycles. The van der Waals surface area contributed by atoms with Gasteiger partial charge in [0.2, 0.25) is 5.89 Å². The highest BCUT2D eigenvalue weighted by molar-refractivity contribution is 6.02. The van der Waals surface area contributed by atoms with Crippen molar-refractivity contribution in [2.75, 3.05) is 5.32 Å². The second-order valence-electron chi connectivity index (χ2n) is 6.14. The molecular formula is C16H21N3O2. The van der Waals surface area contributed by atoms with Gasteiger partial charge in [-0.3, -0.25) is 4.79 Å². The molecule has 0 saturated carbocycles. The Labute approximate surface area is 124 Å². The topological polar surface area (TPSA) is 81.1 Å². The number of nitrogens with one attached hydrogen (secondary N) is 1. The maximum atomic E-state index is 12.1. The molecule has 3 N–H and O–H groups in total. The zero-order valence-corrected chi connectivity index (χ0v) is 12.8. The van der Waals surface area contributed by atoms with Crippen molar-refractivity contribution in [2.24, 2.45) is 5.73 Å². The van der Waals surface area contributed by atoms with Crippen LogP contribution in [0.2, 0.25) is 0 Å². The van der Waals surface area contributed by atoms with E-state index in [1.807, 2.05) is 24.3 Å². The Morgan fingerprint density at radius 2 is 1.90 bits per heavy atom. The Balaban J connectivity index is 2.08. The summed E-state index contributed by atoms with van der Waals surface area (Å²) in [6, 6.07) is 7.44. The van der Waals surface area contributed by atoms with Crippen LogP contribution in [0.3, 0.4) is 0 Å². The quantitative estimate of drug-likeness (QED) is 0.908. The molecule has 2 aromatic rings. The van der Waals surface area contributed by atoms with Crippen LogP contribution in [0, 0.1) is 0 Å². The van der Waals surface area contributed by atoms with Crippen molar-refractivity contribution in [2.45, 2.75) is 39.2 Å². The molecule has 21 heavy (non-hydrogen) atoms. The number of amides is 1. The highest BCUT2D eigenvalue weighted by Crippen LogP contribution is 2.23. The van der Waals surface area contributed by atoms with Gasteiger partial charge >= 0.3 is 0 Å². The molecular weight excluding hydrogens is 266 g/mol. The number of rotatable bonds is 3. The van der Waals surface area contributed by atoms with E-state index < -0.39 is 0 Å². The Morgan fingerprint density at radius 3 is 2.38 bits per heavy atom. The molecule has 5 heteroatoms. The molecule has 0 radical (unpaired) electrons. The van der Waals surface area contributed by atoms with Crippen molar-refractivity contribution in [3.63, 3.8) is 0 Å². The number of carbonyl (C=O) groups excluding carboxylic acids is 1. The molecule has 0 aliphatic heterocycles. The molecule has 1 heterocycles. The van der Waals surface area contributed by atoms with E-state index in [2.05, 4.69) is 31.1 Å². The SMILES string of the molecule is CC(N)c1nc(C(=O)Nc2ccc(C(C)(C)C)cc2)co1. The van der Waals surface area contributed by atoms with E-state index in [9.17, 15) is 4.79 Å². The van der Waals surface area contributed by atoms with E-state index in [0.717, 1.165) is 5.69 Å². The zero-order valence-electron chi connectivity index (χ0n) is 12.8. The molecule has 2 rings (SSSR count). The minimum absolute atomic E-state index is 0.0841. The normalized spacial score (nSPS) is 13.0. The monoisotopic (exact) mass is 287 g/mol. The summed E-state index contributed by atoms with van der Waals surface area (Å²) >= 11 is 0. The highest BCUT2D eigenvalue weighted by atomic mass is 16.3. The third-order valence-corrected chi connectivity index (χ3v) is 3.15. The summed E-state index contributed by atoms with van der Waals surface area (Å²) in [5, 5.41) is 2.79. The van der Waals surface area contributed by atoms with Crippen LogP contribution in [0.1, 0.15) is 55.7 Å². The number of anilines is 1. The summed E-state index contributed by atoms with van der Waals surface area (Å²) < 4.78 is 5.15. The molecule has 0 saturated heterocycles. The largest absolute Gasteiger partial charge is 0.446 e. The first kappa shape index (κ1) is 15.3. The van der Waals surface area contributed by atoms with Crippen LogP contribution in [-0.4, -0.2) is 10.9 Å². The molecule has 1 unspecified atom stereocenters. The summed E-state index contributed by atoms with van der Waals surface area (Å²) in [5.74, 6) is 0.0392. The van der Waals surface area contributed by atoms with Gasteiger partial charge in [-0.1, -0.05) is 32.9 Å². The van der Waals surface area contributed by atoms with Gasteiger partial charge in [-0.25, -0.2) is 4.98 Å². The smallest absolute Gasteiger partial charge is 0.277 e. The van der Waals surface area contributed by atoms with Gasteiger partial charge in [0.15, 0.2) is 5.69 Å². The standard InChI is InChI=1S/C16H21N3O2/c1-10(17)15-19-13(9-21-15)14(20)18-12-7-5-11(6-8-12)16(2,3)4/h5-10H,17H2,1-4H3,(H,18,20). The number of nitrogens with zero attached hydrogens (tertiary/aromatic N) is 1. The summed E-state index contributed by atoms with van der Waals surface area (Å²) in [6.45, 7) is 8.18. The summed E-state index contributed by atoms with van der Waals surface area (Å²) in [5.41, 5.74) is 7.89. The third-order valence-electron chi connectivity index (χ3n) is 3.15. The van der Waals surface area contributed by atoms with Gasteiger partial charge in [0.1, 0.15) is 6.26 Å². The fraction of sp³-hybridized carbons (Fsp3) is 0.375. The first-order chi connectivity index (χ1) is 9.77. The van der Waals surface area contributed by atoms with Crippen molar-refractivity contribution in [1.82, 2.24) is 4.98 Å². The fourth-order valence-corrected chi connectivity index (χ4v) is 1.85. The van der Waals surface area contributed by atoms with Crippen LogP contribution < -0.4 is 11.1 Å². The molecule has 0 bridgehead atoms. The Kier molecular flexibility index (Phi) is 4.14. The predicted molar refractivity (Wildman–Crippen MR) is 82.2 cm³/mol. The van der Waals surface area contributed by atoms with Crippen LogP contribution in [0.15, 0.2) is 34.9 Å². The molecule has 0 aliphatic rings. The van der Waals surface area contributed by atoms with Crippen LogP contribution in [0.4, 0.5) is 5.69 Å². The van der Waals surface area contributed by atoms with E-state index in [0.29, 0.717) is 5.89 Å². The molecule has 1 aromatic carbocycles. The number of hydrogen-bond donors (Lipinski definition) is 2. The van der Waals surface area contributed by atoms with Gasteiger partial charge in [0.25, 0.3) is 5.91 Å². The Morgan fingerprint density at radius 1 is 1.29 bits per heavy atom. The molecule has 0 aliphatic carbocycles. The number of oxazole rings is 1. The molecule has 0 fully saturated rings. The van der Waals surface area contributed by atoms with E-state index in [-0.39, 0.29) is 23.1 Å². The second kappa shape index (κ2) is 5.69. The van der Waals surface area contributed by atoms with E-state index >= 15 is 0 Å². The molecule has 5 nitrogen and oxygen atoms in total. The zero-order chi connectivity index (χ0) is 15.6. The highest BCUT2D eigenvalue weighted by Gasteiger charge is 2.16. The van der Waals surface area contributed by atoms with Crippen molar-refractivity contribution in [1.29, 1.82) is 0 Å². The van der Waals surface area contributed by atoms with Gasteiger partial charge < -0.3 is 15.5 Å². The van der Waals surface area contributed by atoms with Crippen molar-refractivity contribution < 1.29 is 9.21 Å². The van der Waals surface area contributed by atoms with Crippen LogP contribution in [0.5, 0.6) is 0 Å². The minimum atomic E-state index is -0.336. The lowest BCUT2D eigenvalue weighted by molar-refractivity contribution is 0.102. The maximum Gasteiger partial charge on any atom is 0.277 e.